The molecule has 1 heterocycles. The Kier molecular flexibility index (Phi) is 21.4. The Morgan fingerprint density at radius 1 is 0.934 bits per heavy atom. The van der Waals surface area contributed by atoms with Crippen LogP contribution in [0.1, 0.15) is 107 Å². The van der Waals surface area contributed by atoms with Crippen molar-refractivity contribution in [1.82, 2.24) is 26.3 Å². The van der Waals surface area contributed by atoms with E-state index < -0.39 is 108 Å². The number of likely N-dealkylation sites (N-methyl/N-ethyl adjacent to an activating group) is 1. The largest absolute Gasteiger partial charge is 0.497 e. The molecule has 0 bridgehead atoms. The van der Waals surface area contributed by atoms with Crippen molar-refractivity contribution in [3.8, 4) is 5.75 Å². The van der Waals surface area contributed by atoms with Crippen LogP contribution in [0.4, 0.5) is 4.79 Å². The molecule has 1 fully saturated rings. The monoisotopic (exact) mass is 866 g/mol. The summed E-state index contributed by atoms with van der Waals surface area (Å²) in [5, 5.41) is 29.3. The molecule has 1 aromatic rings. The van der Waals surface area contributed by atoms with Crippen molar-refractivity contribution in [2.24, 2.45) is 17.8 Å². The van der Waals surface area contributed by atoms with Crippen LogP contribution in [0, 0.1) is 17.8 Å². The number of aliphatic hydroxyl groups excluding tert-OH is 1. The van der Waals surface area contributed by atoms with E-state index in [1.165, 1.54) is 11.8 Å². The molecule has 18 heteroatoms. The maximum absolute atomic E-state index is 14.1. The van der Waals surface area contributed by atoms with E-state index in [4.69, 9.17) is 23.8 Å². The predicted octanol–water partition coefficient (Wildman–Crippen LogP) is 3.47. The van der Waals surface area contributed by atoms with Gasteiger partial charge in [0.15, 0.2) is 0 Å². The normalized spacial score (nSPS) is 18.2. The number of nitrogens with one attached hydrogen (secondary N) is 4. The number of likely N-dealkylation sites (tertiary alicyclic amines) is 1. The molecule has 9 atom stereocenters. The zero-order chi connectivity index (χ0) is 46.2. The number of hydrogen-bond acceptors (Lipinski definition) is 14. The average Bonchev–Trinajstić information content (AvgIpc) is 3.68. The SMILES string of the molecule is CC[C@H](C)[C@@H](NC(=O)[C@@H](NC(=O)OC(C)(C)C)[C@@H](C)OC(=O)[C@H](Cc1ccc(OC)cc1)NC)[C@@H](O)CC(=O)O[C@H](ON[C@@H](CC(C)C)C(=O)N1CCC[C@H]1C(=O)O)C(C)C. The minimum Gasteiger partial charge on any atom is -0.497 e. The van der Waals surface area contributed by atoms with Gasteiger partial charge in [-0.25, -0.2) is 9.59 Å². The zero-order valence-electron chi connectivity index (χ0n) is 37.9. The van der Waals surface area contributed by atoms with Crippen LogP contribution in [0.15, 0.2) is 24.3 Å². The molecule has 2 rings (SSSR count). The molecule has 0 spiro atoms. The maximum Gasteiger partial charge on any atom is 0.408 e. The molecule has 0 radical (unpaired) electrons. The molecule has 6 N–H and O–H groups in total. The van der Waals surface area contributed by atoms with Gasteiger partial charge in [0.25, 0.3) is 0 Å². The van der Waals surface area contributed by atoms with Gasteiger partial charge in [-0.05, 0) is 90.0 Å². The van der Waals surface area contributed by atoms with Crippen molar-refractivity contribution >= 4 is 35.8 Å². The molecule has 0 aliphatic carbocycles. The number of carbonyl (C=O) groups excluding carboxylic acids is 5. The van der Waals surface area contributed by atoms with Crippen LogP contribution in [0.3, 0.4) is 0 Å². The number of aliphatic carboxylic acids is 1. The van der Waals surface area contributed by atoms with Crippen molar-refractivity contribution in [2.45, 2.75) is 162 Å². The molecule has 0 aromatic heterocycles. The summed E-state index contributed by atoms with van der Waals surface area (Å²) in [6.45, 7) is 17.5. The highest BCUT2D eigenvalue weighted by Gasteiger charge is 2.39. The van der Waals surface area contributed by atoms with Gasteiger partial charge in [0.1, 0.15) is 41.6 Å². The molecule has 61 heavy (non-hydrogen) atoms. The van der Waals surface area contributed by atoms with Crippen molar-refractivity contribution in [3.05, 3.63) is 29.8 Å². The number of aliphatic hydroxyl groups is 1. The highest BCUT2D eigenvalue weighted by Crippen LogP contribution is 2.22. The molecule has 18 nitrogen and oxygen atoms in total. The van der Waals surface area contributed by atoms with Gasteiger partial charge in [-0.3, -0.25) is 24.0 Å². The molecule has 346 valence electrons. The summed E-state index contributed by atoms with van der Waals surface area (Å²) in [6.07, 6.45) is -3.51. The minimum absolute atomic E-state index is 0.0307. The van der Waals surface area contributed by atoms with Crippen LogP contribution < -0.4 is 26.2 Å². The van der Waals surface area contributed by atoms with Crippen LogP contribution >= 0.6 is 0 Å². The minimum atomic E-state index is -1.49. The summed E-state index contributed by atoms with van der Waals surface area (Å²) >= 11 is 0. The number of hydrogen-bond donors (Lipinski definition) is 6. The lowest BCUT2D eigenvalue weighted by atomic mass is 9.92. The van der Waals surface area contributed by atoms with Crippen LogP contribution in [0.25, 0.3) is 0 Å². The molecule has 0 saturated carbocycles. The first-order valence-electron chi connectivity index (χ1n) is 21.1. The van der Waals surface area contributed by atoms with Crippen LogP contribution in [0.2, 0.25) is 0 Å². The Bertz CT molecular complexity index is 1580. The van der Waals surface area contributed by atoms with Gasteiger partial charge < -0.3 is 50.0 Å². The average molecular weight is 866 g/mol. The molecular formula is C43H71N5O13. The number of ether oxygens (including phenoxy) is 4. The summed E-state index contributed by atoms with van der Waals surface area (Å²) in [6, 6.07) is 1.95. The predicted molar refractivity (Wildman–Crippen MR) is 225 cm³/mol. The molecule has 1 aliphatic rings. The third kappa shape index (κ3) is 17.4. The number of carboxylic acids is 1. The second-order valence-corrected chi connectivity index (χ2v) is 17.4. The fourth-order valence-corrected chi connectivity index (χ4v) is 6.67. The number of esters is 2. The first-order valence-corrected chi connectivity index (χ1v) is 21.1. The van der Waals surface area contributed by atoms with E-state index in [-0.39, 0.29) is 12.3 Å². The number of nitrogens with zero attached hydrogens (tertiary/aromatic N) is 1. The van der Waals surface area contributed by atoms with Crippen molar-refractivity contribution < 1.29 is 62.8 Å². The van der Waals surface area contributed by atoms with E-state index in [0.717, 1.165) is 5.56 Å². The van der Waals surface area contributed by atoms with Gasteiger partial charge in [-0.2, -0.15) is 5.48 Å². The summed E-state index contributed by atoms with van der Waals surface area (Å²) in [5.74, 6) is -4.02. The number of carbonyl (C=O) groups is 6. The zero-order valence-corrected chi connectivity index (χ0v) is 37.9. The summed E-state index contributed by atoms with van der Waals surface area (Å²) in [7, 11) is 3.14. The van der Waals surface area contributed by atoms with Gasteiger partial charge >= 0.3 is 24.0 Å². The molecule has 3 amide bonds. The number of rotatable bonds is 24. The Balaban J connectivity index is 2.23. The number of hydroxylamine groups is 1. The number of methoxy groups -OCH3 is 1. The fraction of sp³-hybridized carbons (Fsp3) is 0.721. The number of benzene rings is 1. The van der Waals surface area contributed by atoms with E-state index in [1.54, 1.807) is 67.8 Å². The topological polar surface area (TPSA) is 240 Å². The standard InChI is InChI=1S/C43H71N5O13/c1-13-26(6)35(33(49)23-34(50)59-41(25(4)5)61-47-30(21-24(2)3)38(52)48-20-14-15-32(48)39(53)54)45-37(51)36(46-42(56)60-43(8,9)10)27(7)58-40(55)31(44-11)22-28-16-18-29(57-12)19-17-28/h16-19,24-27,30-33,35-36,41,44,47,49H,13-15,20-23H2,1-12H3,(H,45,51)(H,46,56)(H,53,54)/t26-,27+,30-,31-,32-,33-,35+,36-,41+/m0/s1. The maximum atomic E-state index is 14.1. The molecule has 1 aliphatic heterocycles. The van der Waals surface area contributed by atoms with E-state index in [0.29, 0.717) is 38.0 Å². The summed E-state index contributed by atoms with van der Waals surface area (Å²) in [5.41, 5.74) is 2.62. The Morgan fingerprint density at radius 2 is 1.57 bits per heavy atom. The van der Waals surface area contributed by atoms with Crippen LogP contribution in [-0.4, -0.2) is 126 Å². The second kappa shape index (κ2) is 24.8. The highest BCUT2D eigenvalue weighted by molar-refractivity contribution is 5.88. The van der Waals surface area contributed by atoms with E-state index >= 15 is 0 Å². The molecule has 1 aromatic carbocycles. The second-order valence-electron chi connectivity index (χ2n) is 17.4. The quantitative estimate of drug-likeness (QED) is 0.0378. The van der Waals surface area contributed by atoms with Crippen molar-refractivity contribution in [3.63, 3.8) is 0 Å². The third-order valence-electron chi connectivity index (χ3n) is 10.3. The molecular weight excluding hydrogens is 794 g/mol. The van der Waals surface area contributed by atoms with E-state index in [2.05, 4.69) is 21.4 Å². The molecule has 1 saturated heterocycles. The first-order chi connectivity index (χ1) is 28.5. The van der Waals surface area contributed by atoms with Crippen LogP contribution in [0.5, 0.6) is 5.75 Å². The van der Waals surface area contributed by atoms with Gasteiger partial charge in [0, 0.05) is 12.5 Å². The Morgan fingerprint density at radius 3 is 2.10 bits per heavy atom. The van der Waals surface area contributed by atoms with Crippen molar-refractivity contribution in [2.75, 3.05) is 20.7 Å². The van der Waals surface area contributed by atoms with Crippen molar-refractivity contribution in [1.29, 1.82) is 0 Å². The number of alkyl carbamates (subject to hydrolysis) is 1. The Labute approximate surface area is 360 Å². The number of carboxylic acid groups (broad SMARTS) is 1. The fourth-order valence-electron chi connectivity index (χ4n) is 6.67. The summed E-state index contributed by atoms with van der Waals surface area (Å²) < 4.78 is 22.0. The van der Waals surface area contributed by atoms with Gasteiger partial charge in [0.05, 0.1) is 25.7 Å². The smallest absolute Gasteiger partial charge is 0.408 e. The van der Waals surface area contributed by atoms with Crippen LogP contribution in [-0.2, 0) is 49.4 Å². The van der Waals surface area contributed by atoms with E-state index in [9.17, 15) is 39.0 Å². The molecule has 0 unspecified atom stereocenters. The number of amides is 3. The summed E-state index contributed by atoms with van der Waals surface area (Å²) in [4.78, 5) is 86.2. The Hall–Kier alpha value is -4.52. The lowest BCUT2D eigenvalue weighted by Gasteiger charge is -2.33. The lowest BCUT2D eigenvalue weighted by molar-refractivity contribution is -0.214. The lowest BCUT2D eigenvalue weighted by Crippen LogP contribution is -2.59. The van der Waals surface area contributed by atoms with Gasteiger partial charge in [-0.1, -0.05) is 60.1 Å². The van der Waals surface area contributed by atoms with Gasteiger partial charge in [-0.15, -0.1) is 0 Å². The first kappa shape index (κ1) is 52.6. The van der Waals surface area contributed by atoms with Gasteiger partial charge in [0.2, 0.25) is 18.1 Å². The third-order valence-corrected chi connectivity index (χ3v) is 10.3. The highest BCUT2D eigenvalue weighted by atomic mass is 16.8. The van der Waals surface area contributed by atoms with E-state index in [1.807, 2.05) is 32.9 Å².